The van der Waals surface area contributed by atoms with E-state index in [-0.39, 0.29) is 5.92 Å². The zero-order valence-electron chi connectivity index (χ0n) is 27.4. The lowest BCUT2D eigenvalue weighted by atomic mass is 9.83. The molecule has 2 aromatic carbocycles. The van der Waals surface area contributed by atoms with E-state index in [4.69, 9.17) is 9.98 Å². The van der Waals surface area contributed by atoms with E-state index in [2.05, 4.69) is 169 Å². The molecule has 0 bridgehead atoms. The topological polar surface area (TPSA) is 37.2 Å². The average Bonchev–Trinajstić information content (AvgIpc) is 3.52. The van der Waals surface area contributed by atoms with Crippen LogP contribution in [0.2, 0.25) is 0 Å². The van der Waals surface area contributed by atoms with Gasteiger partial charge in [-0.3, -0.25) is 0 Å². The Morgan fingerprint density at radius 2 is 1.43 bits per heavy atom. The summed E-state index contributed by atoms with van der Waals surface area (Å²) in [5.74, 6) is 4.66. The number of para-hydroxylation sites is 2. The zero-order valence-corrected chi connectivity index (χ0v) is 27.4. The number of rotatable bonds is 4. The van der Waals surface area contributed by atoms with Crippen molar-refractivity contribution in [1.82, 2.24) is 0 Å². The highest BCUT2D eigenvalue weighted by Crippen LogP contribution is 2.41. The molecule has 5 aliphatic rings. The number of likely N-dealkylation sites (N-methyl/N-ethyl adjacent to an activating group) is 3. The Bertz CT molecular complexity index is 1910. The van der Waals surface area contributed by atoms with Crippen molar-refractivity contribution < 1.29 is 9.15 Å². The molecular weight excluding hydrogens is 564 g/mol. The molecule has 0 aromatic heterocycles. The van der Waals surface area contributed by atoms with Gasteiger partial charge in [0.25, 0.3) is 5.84 Å². The first kappa shape index (κ1) is 29.6. The highest BCUT2D eigenvalue weighted by atomic mass is 15.2. The summed E-state index contributed by atoms with van der Waals surface area (Å²) in [7, 11) is 8.56. The zero-order chi connectivity index (χ0) is 31.8. The van der Waals surface area contributed by atoms with Crippen LogP contribution in [0.5, 0.6) is 0 Å². The molecule has 6 heteroatoms. The Morgan fingerprint density at radius 3 is 2.13 bits per heavy atom. The molecule has 2 unspecified atom stereocenters. The normalized spacial score (nSPS) is 23.9. The molecule has 0 amide bonds. The molecule has 46 heavy (non-hydrogen) atoms. The minimum Gasteiger partial charge on any atom is -0.312 e. The second kappa shape index (κ2) is 12.4. The van der Waals surface area contributed by atoms with Crippen molar-refractivity contribution in [2.45, 2.75) is 26.2 Å². The van der Waals surface area contributed by atoms with Crippen LogP contribution in [0.4, 0.5) is 11.4 Å². The molecule has 0 saturated heterocycles. The number of benzene rings is 2. The van der Waals surface area contributed by atoms with Gasteiger partial charge in [-0.15, -0.1) is 0 Å². The Morgan fingerprint density at radius 1 is 0.761 bits per heavy atom. The van der Waals surface area contributed by atoms with Crippen LogP contribution in [0.25, 0.3) is 0 Å². The first-order chi connectivity index (χ1) is 22.4. The van der Waals surface area contributed by atoms with E-state index in [1.807, 2.05) is 0 Å². The Kier molecular flexibility index (Phi) is 7.95. The summed E-state index contributed by atoms with van der Waals surface area (Å²) >= 11 is 0. The molecule has 0 radical (unpaired) electrons. The molecule has 2 heterocycles. The monoisotopic (exact) mass is 606 g/mol. The molecule has 230 valence electrons. The number of amidine groups is 4. The van der Waals surface area contributed by atoms with Crippen LogP contribution in [-0.2, 0) is 0 Å². The van der Waals surface area contributed by atoms with Crippen LogP contribution in [0, 0.1) is 11.8 Å². The lowest BCUT2D eigenvalue weighted by Crippen LogP contribution is -2.34. The van der Waals surface area contributed by atoms with Crippen molar-refractivity contribution in [2.75, 3.05) is 38.0 Å². The van der Waals surface area contributed by atoms with E-state index in [0.717, 1.165) is 59.7 Å². The van der Waals surface area contributed by atoms with Crippen LogP contribution in [0.3, 0.4) is 0 Å². The summed E-state index contributed by atoms with van der Waals surface area (Å²) in [6.07, 6.45) is 22.8. The fraction of sp³-hybridized carbons (Fsp3) is 0.250. The number of nitrogens with zero attached hydrogens (tertiary/aromatic N) is 6. The van der Waals surface area contributed by atoms with E-state index in [9.17, 15) is 0 Å². The van der Waals surface area contributed by atoms with E-state index < -0.39 is 0 Å². The number of allylic oxidation sites excluding steroid dienone is 8. The summed E-state index contributed by atoms with van der Waals surface area (Å²) in [5.41, 5.74) is 8.24. The highest BCUT2D eigenvalue weighted by Gasteiger charge is 2.49. The third kappa shape index (κ3) is 5.38. The van der Waals surface area contributed by atoms with E-state index in [1.54, 1.807) is 0 Å². The minimum atomic E-state index is 0.0887. The molecule has 0 N–H and O–H groups in total. The van der Waals surface area contributed by atoms with Gasteiger partial charge in [0.15, 0.2) is 0 Å². The molecular formula is C40H42N6+2. The molecule has 0 fully saturated rings. The van der Waals surface area contributed by atoms with E-state index >= 15 is 0 Å². The number of aliphatic imine (C=N–C) groups is 2. The van der Waals surface area contributed by atoms with Crippen molar-refractivity contribution in [1.29, 1.82) is 0 Å². The quantitative estimate of drug-likeness (QED) is 0.343. The molecule has 0 saturated carbocycles. The van der Waals surface area contributed by atoms with Crippen LogP contribution in [0.1, 0.15) is 26.2 Å². The van der Waals surface area contributed by atoms with Crippen LogP contribution >= 0.6 is 0 Å². The van der Waals surface area contributed by atoms with Gasteiger partial charge in [-0.1, -0.05) is 67.6 Å². The van der Waals surface area contributed by atoms with Crippen LogP contribution in [0.15, 0.2) is 153 Å². The third-order valence-electron chi connectivity index (χ3n) is 9.55. The summed E-state index contributed by atoms with van der Waals surface area (Å²) < 4.78 is 4.53. The second-order valence-corrected chi connectivity index (χ2v) is 12.6. The largest absolute Gasteiger partial charge is 0.329 e. The maximum absolute atomic E-state index is 5.43. The van der Waals surface area contributed by atoms with Gasteiger partial charge in [-0.2, -0.15) is 0 Å². The fourth-order valence-corrected chi connectivity index (χ4v) is 6.80. The van der Waals surface area contributed by atoms with Gasteiger partial charge in [-0.05, 0) is 89.8 Å². The molecule has 3 aliphatic carbocycles. The van der Waals surface area contributed by atoms with Gasteiger partial charge in [0.2, 0.25) is 5.84 Å². The van der Waals surface area contributed by atoms with Crippen molar-refractivity contribution in [3.05, 3.63) is 143 Å². The first-order valence-corrected chi connectivity index (χ1v) is 16.2. The SMILES string of the molecule is CC1C=CC([N+](C)=C2N=C(N(C)c3ccccc3)C3=C2CC2C(=C3)C(=[N+](C)C3=CCC=CC=C3)N=C2N(C)c2ccccc2)=CC1. The standard InChI is InChI=1S/C40H42N6/c1-28-22-24-32(25-23-28)46(5)40-36-27-34-33(26-35(36)39(42-40)45(4)31-20-14-9-15-21-31)37(43(2)29-16-10-6-7-11-17-29)41-38(34)44(3)30-18-12-8-13-19-30/h6-10,12-22,24-26,28,34H,11,23,27H2,1-5H3/q+2. The highest BCUT2D eigenvalue weighted by molar-refractivity contribution is 6.28. The summed E-state index contributed by atoms with van der Waals surface area (Å²) in [6.45, 7) is 2.26. The van der Waals surface area contributed by atoms with Crippen molar-refractivity contribution in [3.63, 3.8) is 0 Å². The summed E-state index contributed by atoms with van der Waals surface area (Å²) in [4.78, 5) is 15.3. The summed E-state index contributed by atoms with van der Waals surface area (Å²) in [5, 5.41) is 0. The van der Waals surface area contributed by atoms with Crippen LogP contribution < -0.4 is 9.80 Å². The summed E-state index contributed by atoms with van der Waals surface area (Å²) in [6, 6.07) is 21.1. The molecule has 7 rings (SSSR count). The third-order valence-corrected chi connectivity index (χ3v) is 9.55. The number of hydrogen-bond acceptors (Lipinski definition) is 2. The minimum absolute atomic E-state index is 0.0887. The van der Waals surface area contributed by atoms with Crippen molar-refractivity contribution in [3.8, 4) is 0 Å². The number of hydrogen-bond donors (Lipinski definition) is 0. The predicted molar refractivity (Wildman–Crippen MR) is 192 cm³/mol. The van der Waals surface area contributed by atoms with Gasteiger partial charge in [0.1, 0.15) is 11.4 Å². The van der Waals surface area contributed by atoms with E-state index in [0.29, 0.717) is 5.92 Å². The van der Waals surface area contributed by atoms with Gasteiger partial charge in [-0.25, -0.2) is 9.15 Å². The lowest BCUT2D eigenvalue weighted by Gasteiger charge is -2.24. The Labute approximate surface area is 272 Å². The Hall–Kier alpha value is -5.10. The Balaban J connectivity index is 1.40. The van der Waals surface area contributed by atoms with Gasteiger partial charge < -0.3 is 9.80 Å². The van der Waals surface area contributed by atoms with Gasteiger partial charge in [0.05, 0.1) is 36.7 Å². The molecule has 2 aliphatic heterocycles. The first-order valence-electron chi connectivity index (χ1n) is 16.2. The maximum atomic E-state index is 5.43. The average molecular weight is 607 g/mol. The van der Waals surface area contributed by atoms with Crippen molar-refractivity contribution in [2.24, 2.45) is 21.8 Å². The molecule has 6 nitrogen and oxygen atoms in total. The van der Waals surface area contributed by atoms with Gasteiger partial charge in [0, 0.05) is 25.5 Å². The lowest BCUT2D eigenvalue weighted by molar-refractivity contribution is -0.439. The van der Waals surface area contributed by atoms with E-state index in [1.165, 1.54) is 22.4 Å². The second-order valence-electron chi connectivity index (χ2n) is 12.6. The predicted octanol–water partition coefficient (Wildman–Crippen LogP) is 7.29. The maximum Gasteiger partial charge on any atom is 0.329 e. The molecule has 2 aromatic rings. The van der Waals surface area contributed by atoms with Crippen LogP contribution in [-0.4, -0.2) is 60.7 Å². The fourth-order valence-electron chi connectivity index (χ4n) is 6.80. The van der Waals surface area contributed by atoms with Gasteiger partial charge >= 0.3 is 11.7 Å². The molecule has 0 spiro atoms. The number of fused-ring (bicyclic) bond motifs is 1. The van der Waals surface area contributed by atoms with Crippen molar-refractivity contribution >= 4 is 34.7 Å². The number of anilines is 2. The molecule has 2 atom stereocenters. The smallest absolute Gasteiger partial charge is 0.312 e.